The molecule has 0 unspecified atom stereocenters. The van der Waals surface area contributed by atoms with Gasteiger partial charge in [-0.25, -0.2) is 4.39 Å². The van der Waals surface area contributed by atoms with Crippen LogP contribution in [0.15, 0.2) is 42.7 Å². The van der Waals surface area contributed by atoms with Crippen molar-refractivity contribution in [2.45, 2.75) is 47.0 Å². The fraction of sp³-hybridized carbons (Fsp3) is 0.381. The highest BCUT2D eigenvalue weighted by atomic mass is 19.1. The first-order chi connectivity index (χ1) is 11.0. The van der Waals surface area contributed by atoms with Gasteiger partial charge in [0.1, 0.15) is 5.83 Å². The predicted molar refractivity (Wildman–Crippen MR) is 98.2 cm³/mol. The topological polar surface area (TPSA) is 12.9 Å². The number of nitrogens with zero attached hydrogens (tertiary/aromatic N) is 1. The van der Waals surface area contributed by atoms with Gasteiger partial charge in [-0.05, 0) is 61.1 Å². The third-order valence-electron chi connectivity index (χ3n) is 4.15. The van der Waals surface area contributed by atoms with Crippen LogP contribution in [-0.4, -0.2) is 4.98 Å². The molecule has 0 saturated carbocycles. The summed E-state index contributed by atoms with van der Waals surface area (Å²) < 4.78 is 14.7. The number of aromatic nitrogens is 1. The smallest absolute Gasteiger partial charge is 0.106 e. The Morgan fingerprint density at radius 3 is 2.65 bits per heavy atom. The average Bonchev–Trinajstić information content (AvgIpc) is 2.54. The van der Waals surface area contributed by atoms with Gasteiger partial charge < -0.3 is 0 Å². The Labute approximate surface area is 138 Å². The quantitative estimate of drug-likeness (QED) is 0.562. The number of pyridine rings is 1. The number of aryl methyl sites for hydroxylation is 2. The van der Waals surface area contributed by atoms with Crippen molar-refractivity contribution in [3.8, 4) is 0 Å². The highest BCUT2D eigenvalue weighted by molar-refractivity contribution is 5.86. The number of hydrogen-bond donors (Lipinski definition) is 0. The molecule has 0 spiro atoms. The molecule has 0 fully saturated rings. The van der Waals surface area contributed by atoms with E-state index in [0.717, 1.165) is 40.6 Å². The summed E-state index contributed by atoms with van der Waals surface area (Å²) >= 11 is 0. The summed E-state index contributed by atoms with van der Waals surface area (Å²) in [6, 6.07) is 8.23. The largest absolute Gasteiger partial charge is 0.253 e. The maximum Gasteiger partial charge on any atom is 0.106 e. The minimum atomic E-state index is -0.104. The molecule has 0 amide bonds. The van der Waals surface area contributed by atoms with Gasteiger partial charge in [-0.2, -0.15) is 0 Å². The summed E-state index contributed by atoms with van der Waals surface area (Å²) in [6.45, 7) is 11.7. The minimum Gasteiger partial charge on any atom is -0.253 e. The number of hydrogen-bond acceptors (Lipinski definition) is 1. The van der Waals surface area contributed by atoms with Gasteiger partial charge in [0.05, 0.1) is 5.52 Å². The minimum absolute atomic E-state index is 0.0238. The number of halogens is 1. The second kappa shape index (κ2) is 7.54. The van der Waals surface area contributed by atoms with Gasteiger partial charge in [0.15, 0.2) is 0 Å². The fourth-order valence-corrected chi connectivity index (χ4v) is 2.92. The SMILES string of the molecule is C=CCC/C(=C(/F)C(C)C)c1ccc2nc(C)cc(CC)c2c1. The van der Waals surface area contributed by atoms with Crippen LogP contribution in [0.4, 0.5) is 4.39 Å². The monoisotopic (exact) mass is 311 g/mol. The van der Waals surface area contributed by atoms with Crippen LogP contribution in [0.25, 0.3) is 16.5 Å². The predicted octanol–water partition coefficient (Wildman–Crippen LogP) is 6.41. The lowest BCUT2D eigenvalue weighted by molar-refractivity contribution is 0.520. The van der Waals surface area contributed by atoms with Crippen LogP contribution in [0.5, 0.6) is 0 Å². The maximum absolute atomic E-state index is 14.7. The van der Waals surface area contributed by atoms with E-state index >= 15 is 0 Å². The number of fused-ring (bicyclic) bond motifs is 1. The molecule has 2 rings (SSSR count). The zero-order valence-electron chi connectivity index (χ0n) is 14.6. The molecule has 0 saturated heterocycles. The van der Waals surface area contributed by atoms with E-state index < -0.39 is 0 Å². The van der Waals surface area contributed by atoms with Gasteiger partial charge in [-0.3, -0.25) is 4.98 Å². The van der Waals surface area contributed by atoms with E-state index in [-0.39, 0.29) is 11.7 Å². The van der Waals surface area contributed by atoms with Crippen LogP contribution in [0.3, 0.4) is 0 Å². The van der Waals surface area contributed by atoms with Crippen molar-refractivity contribution >= 4 is 16.5 Å². The lowest BCUT2D eigenvalue weighted by Gasteiger charge is -2.14. The molecule has 0 aliphatic carbocycles. The molecule has 1 aromatic heterocycles. The van der Waals surface area contributed by atoms with E-state index in [0.29, 0.717) is 6.42 Å². The molecule has 23 heavy (non-hydrogen) atoms. The Bertz CT molecular complexity index is 741. The van der Waals surface area contributed by atoms with Crippen molar-refractivity contribution < 1.29 is 4.39 Å². The molecule has 0 bridgehead atoms. The van der Waals surface area contributed by atoms with Crippen LogP contribution in [0.2, 0.25) is 0 Å². The summed E-state index contributed by atoms with van der Waals surface area (Å²) in [4.78, 5) is 4.60. The summed E-state index contributed by atoms with van der Waals surface area (Å²) in [5.41, 5.74) is 5.04. The van der Waals surface area contributed by atoms with Gasteiger partial charge in [0.25, 0.3) is 0 Å². The summed E-state index contributed by atoms with van der Waals surface area (Å²) in [7, 11) is 0. The van der Waals surface area contributed by atoms with E-state index in [4.69, 9.17) is 0 Å². The van der Waals surface area contributed by atoms with E-state index in [1.807, 2.05) is 39.0 Å². The zero-order valence-corrected chi connectivity index (χ0v) is 14.6. The normalized spacial score (nSPS) is 12.6. The van der Waals surface area contributed by atoms with Crippen molar-refractivity contribution in [3.63, 3.8) is 0 Å². The molecule has 0 N–H and O–H groups in total. The molecule has 1 nitrogen and oxygen atoms in total. The first kappa shape index (κ1) is 17.4. The number of benzene rings is 1. The van der Waals surface area contributed by atoms with Crippen molar-refractivity contribution in [1.82, 2.24) is 4.98 Å². The second-order valence-electron chi connectivity index (χ2n) is 6.32. The standard InChI is InChI=1S/C21H26FN/c1-6-8-9-18(21(22)14(3)4)17-10-11-20-19(13-17)16(7-2)12-15(5)23-20/h6,10-14H,1,7-9H2,2-5H3/b21-18-. The second-order valence-corrected chi connectivity index (χ2v) is 6.32. The van der Waals surface area contributed by atoms with Crippen LogP contribution >= 0.6 is 0 Å². The first-order valence-electron chi connectivity index (χ1n) is 8.38. The van der Waals surface area contributed by atoms with Crippen LogP contribution in [-0.2, 0) is 6.42 Å². The molecular formula is C21H26FN. The molecule has 0 atom stereocenters. The van der Waals surface area contributed by atoms with E-state index in [9.17, 15) is 4.39 Å². The third-order valence-corrected chi connectivity index (χ3v) is 4.15. The van der Waals surface area contributed by atoms with Crippen LogP contribution < -0.4 is 0 Å². The molecule has 122 valence electrons. The Morgan fingerprint density at radius 2 is 2.04 bits per heavy atom. The molecule has 0 aliphatic rings. The molecule has 0 aliphatic heterocycles. The number of allylic oxidation sites excluding steroid dienone is 3. The van der Waals surface area contributed by atoms with Crippen LogP contribution in [0.1, 0.15) is 50.4 Å². The highest BCUT2D eigenvalue weighted by Gasteiger charge is 2.14. The Kier molecular flexibility index (Phi) is 5.70. The number of rotatable bonds is 6. The van der Waals surface area contributed by atoms with Gasteiger partial charge in [0, 0.05) is 17.0 Å². The third kappa shape index (κ3) is 3.87. The fourth-order valence-electron chi connectivity index (χ4n) is 2.92. The Balaban J connectivity index is 2.62. The lowest BCUT2D eigenvalue weighted by Crippen LogP contribution is -1.97. The van der Waals surface area contributed by atoms with Crippen LogP contribution in [0, 0.1) is 12.8 Å². The van der Waals surface area contributed by atoms with Gasteiger partial charge in [-0.15, -0.1) is 6.58 Å². The summed E-state index contributed by atoms with van der Waals surface area (Å²) in [5.74, 6) is -0.128. The highest BCUT2D eigenvalue weighted by Crippen LogP contribution is 2.32. The Hall–Kier alpha value is -1.96. The molecule has 0 radical (unpaired) electrons. The van der Waals surface area contributed by atoms with E-state index in [1.54, 1.807) is 0 Å². The van der Waals surface area contributed by atoms with Gasteiger partial charge >= 0.3 is 0 Å². The van der Waals surface area contributed by atoms with E-state index in [2.05, 4.69) is 30.6 Å². The maximum atomic E-state index is 14.7. The average molecular weight is 311 g/mol. The summed E-state index contributed by atoms with van der Waals surface area (Å²) in [6.07, 6.45) is 4.25. The van der Waals surface area contributed by atoms with Gasteiger partial charge in [0.2, 0.25) is 0 Å². The summed E-state index contributed by atoms with van der Waals surface area (Å²) in [5, 5.41) is 1.13. The lowest BCUT2D eigenvalue weighted by atomic mass is 9.94. The molecular weight excluding hydrogens is 285 g/mol. The van der Waals surface area contributed by atoms with Crippen molar-refractivity contribution in [2.24, 2.45) is 5.92 Å². The Morgan fingerprint density at radius 1 is 1.30 bits per heavy atom. The van der Waals surface area contributed by atoms with E-state index in [1.165, 1.54) is 5.56 Å². The molecule has 2 aromatic rings. The van der Waals surface area contributed by atoms with Crippen molar-refractivity contribution in [2.75, 3.05) is 0 Å². The van der Waals surface area contributed by atoms with Crippen molar-refractivity contribution in [1.29, 1.82) is 0 Å². The zero-order chi connectivity index (χ0) is 17.0. The van der Waals surface area contributed by atoms with Gasteiger partial charge in [-0.1, -0.05) is 32.9 Å². The molecule has 1 aromatic carbocycles. The molecule has 2 heteroatoms. The van der Waals surface area contributed by atoms with Crippen molar-refractivity contribution in [3.05, 3.63) is 59.6 Å². The first-order valence-corrected chi connectivity index (χ1v) is 8.38. The molecule has 1 heterocycles.